The number of rotatable bonds is 6. The van der Waals surface area contributed by atoms with Crippen LogP contribution in [0.25, 0.3) is 0 Å². The van der Waals surface area contributed by atoms with E-state index in [-0.39, 0.29) is 11.5 Å². The molecule has 3 saturated carbocycles. The van der Waals surface area contributed by atoms with Crippen LogP contribution in [0, 0.1) is 46.3 Å². The molecule has 0 saturated heterocycles. The molecule has 4 heteroatoms. The van der Waals surface area contributed by atoms with Crippen LogP contribution in [0.2, 0.25) is 0 Å². The van der Waals surface area contributed by atoms with Gasteiger partial charge >= 0.3 is 6.16 Å². The molecule has 182 valence electrons. The van der Waals surface area contributed by atoms with Crippen molar-refractivity contribution in [3.63, 3.8) is 0 Å². The molecule has 0 bridgehead atoms. The summed E-state index contributed by atoms with van der Waals surface area (Å²) in [7, 11) is 0. The van der Waals surface area contributed by atoms with Crippen molar-refractivity contribution in [2.75, 3.05) is 0 Å². The van der Waals surface area contributed by atoms with Crippen LogP contribution in [0.5, 0.6) is 0 Å². The summed E-state index contributed by atoms with van der Waals surface area (Å²) in [6.07, 6.45) is 15.6. The second kappa shape index (κ2) is 9.31. The Morgan fingerprint density at radius 3 is 2.56 bits per heavy atom. The number of fused-ring (bicyclic) bond motifs is 5. The third kappa shape index (κ3) is 4.26. The number of allylic oxidation sites excluding steroid dienone is 1. The predicted molar refractivity (Wildman–Crippen MR) is 129 cm³/mol. The molecule has 32 heavy (non-hydrogen) atoms. The molecule has 4 rings (SSSR count). The number of hydrogen-bond acceptors (Lipinski definition) is 4. The molecule has 0 heterocycles. The maximum absolute atomic E-state index is 11.5. The number of nitrogens with two attached hydrogens (primary N) is 1. The molecule has 0 spiro atoms. The lowest BCUT2D eigenvalue weighted by Gasteiger charge is -2.59. The van der Waals surface area contributed by atoms with Crippen LogP contribution in [-0.2, 0) is 9.57 Å². The summed E-state index contributed by atoms with van der Waals surface area (Å²) in [4.78, 5) is 15.7. The van der Waals surface area contributed by atoms with Crippen LogP contribution in [0.3, 0.4) is 0 Å². The molecule has 0 aromatic heterocycles. The highest BCUT2D eigenvalue weighted by molar-refractivity contribution is 5.59. The quantitative estimate of drug-likeness (QED) is 0.262. The Labute approximate surface area is 196 Å². The Balaban J connectivity index is 1.46. The van der Waals surface area contributed by atoms with E-state index in [0.717, 1.165) is 54.8 Å². The summed E-state index contributed by atoms with van der Waals surface area (Å²) in [6, 6.07) is 0. The fourth-order valence-corrected chi connectivity index (χ4v) is 8.97. The molecule has 2 N–H and O–H groups in total. The summed E-state index contributed by atoms with van der Waals surface area (Å²) >= 11 is 0. The van der Waals surface area contributed by atoms with Gasteiger partial charge in [-0.05, 0) is 104 Å². The van der Waals surface area contributed by atoms with Crippen LogP contribution >= 0.6 is 0 Å². The van der Waals surface area contributed by atoms with Gasteiger partial charge < -0.3 is 9.57 Å². The van der Waals surface area contributed by atoms with E-state index in [1.54, 1.807) is 0 Å². The highest BCUT2D eigenvalue weighted by Gasteiger charge is 2.59. The smallest absolute Gasteiger partial charge is 0.425 e. The fourth-order valence-electron chi connectivity index (χ4n) is 8.97. The van der Waals surface area contributed by atoms with E-state index in [1.807, 2.05) is 0 Å². The van der Waals surface area contributed by atoms with Gasteiger partial charge in [0.2, 0.25) is 0 Å². The summed E-state index contributed by atoms with van der Waals surface area (Å²) < 4.78 is 5.38. The van der Waals surface area contributed by atoms with Gasteiger partial charge in [0.15, 0.2) is 0 Å². The van der Waals surface area contributed by atoms with Crippen molar-refractivity contribution in [3.8, 4) is 0 Å². The number of ether oxygens (including phenoxy) is 1. The van der Waals surface area contributed by atoms with Crippen molar-refractivity contribution in [3.05, 3.63) is 11.6 Å². The summed E-state index contributed by atoms with van der Waals surface area (Å²) in [6.45, 7) is 12.4. The maximum Gasteiger partial charge on any atom is 0.528 e. The maximum atomic E-state index is 11.5. The Morgan fingerprint density at radius 2 is 1.84 bits per heavy atom. The molecule has 0 aliphatic heterocycles. The van der Waals surface area contributed by atoms with E-state index < -0.39 is 6.16 Å². The molecule has 0 aromatic carbocycles. The Bertz CT molecular complexity index is 717. The largest absolute Gasteiger partial charge is 0.528 e. The summed E-state index contributed by atoms with van der Waals surface area (Å²) in [5.74, 6) is 10.1. The average Bonchev–Trinajstić information content (AvgIpc) is 3.11. The van der Waals surface area contributed by atoms with E-state index in [2.05, 4.69) is 45.5 Å². The van der Waals surface area contributed by atoms with Crippen molar-refractivity contribution >= 4 is 6.16 Å². The molecule has 4 aliphatic carbocycles. The second-order valence-corrected chi connectivity index (χ2v) is 12.6. The van der Waals surface area contributed by atoms with Crippen LogP contribution in [-0.4, -0.2) is 12.3 Å². The molecule has 0 aromatic rings. The molecule has 0 amide bonds. The van der Waals surface area contributed by atoms with E-state index in [1.165, 1.54) is 56.9 Å². The third-order valence-electron chi connectivity index (χ3n) is 10.6. The zero-order chi connectivity index (χ0) is 23.1. The number of hydrogen-bond donors (Lipinski definition) is 1. The van der Waals surface area contributed by atoms with Crippen LogP contribution in [0.4, 0.5) is 4.79 Å². The first kappa shape index (κ1) is 24.1. The zero-order valence-corrected chi connectivity index (χ0v) is 21.2. The van der Waals surface area contributed by atoms with Crippen molar-refractivity contribution in [2.24, 2.45) is 52.2 Å². The normalized spacial score (nSPS) is 41.8. The van der Waals surface area contributed by atoms with Crippen LogP contribution in [0.15, 0.2) is 11.6 Å². The number of carbonyl (C=O) groups is 1. The topological polar surface area (TPSA) is 61.5 Å². The van der Waals surface area contributed by atoms with Gasteiger partial charge in [-0.3, -0.25) is 0 Å². The van der Waals surface area contributed by atoms with Crippen LogP contribution in [0.1, 0.15) is 105 Å². The molecular weight excluding hydrogens is 398 g/mol. The molecule has 4 aliphatic rings. The molecule has 0 radical (unpaired) electrons. The van der Waals surface area contributed by atoms with Crippen molar-refractivity contribution in [2.45, 2.75) is 111 Å². The van der Waals surface area contributed by atoms with E-state index in [0.29, 0.717) is 5.41 Å². The molecule has 8 unspecified atom stereocenters. The zero-order valence-electron chi connectivity index (χ0n) is 21.2. The lowest BCUT2D eigenvalue weighted by atomic mass is 9.46. The van der Waals surface area contributed by atoms with Gasteiger partial charge in [0, 0.05) is 0 Å². The lowest BCUT2D eigenvalue weighted by Crippen LogP contribution is -2.51. The predicted octanol–water partition coefficient (Wildman–Crippen LogP) is 7.42. The highest BCUT2D eigenvalue weighted by Crippen LogP contribution is 2.67. The Hall–Kier alpha value is -1.03. The summed E-state index contributed by atoms with van der Waals surface area (Å²) in [5.41, 5.74) is 2.35. The minimum absolute atomic E-state index is 0.179. The first-order valence-corrected chi connectivity index (χ1v) is 13.5. The monoisotopic (exact) mass is 445 g/mol. The van der Waals surface area contributed by atoms with Gasteiger partial charge in [0.1, 0.15) is 6.10 Å². The van der Waals surface area contributed by atoms with Crippen molar-refractivity contribution in [1.82, 2.24) is 0 Å². The second-order valence-electron chi connectivity index (χ2n) is 12.6. The molecule has 8 atom stereocenters. The lowest BCUT2D eigenvalue weighted by molar-refractivity contribution is -0.0644. The van der Waals surface area contributed by atoms with Gasteiger partial charge in [-0.2, -0.15) is 5.90 Å². The first-order valence-electron chi connectivity index (χ1n) is 13.5. The first-order chi connectivity index (χ1) is 15.2. The third-order valence-corrected chi connectivity index (χ3v) is 10.6. The number of carbonyl (C=O) groups excluding carboxylic acids is 1. The SMILES string of the molecule is CC(C)CCCC(C)C1CCC2C3CCC4=CC(OC(=O)ON)CCC4(C)C3CCC12C. The molecule has 4 nitrogen and oxygen atoms in total. The van der Waals surface area contributed by atoms with Gasteiger partial charge in [-0.25, -0.2) is 4.79 Å². The van der Waals surface area contributed by atoms with E-state index in [4.69, 9.17) is 10.6 Å². The highest BCUT2D eigenvalue weighted by atomic mass is 16.8. The van der Waals surface area contributed by atoms with E-state index in [9.17, 15) is 4.79 Å². The summed E-state index contributed by atoms with van der Waals surface area (Å²) in [5, 5.41) is 0. The average molecular weight is 446 g/mol. The van der Waals surface area contributed by atoms with Crippen LogP contribution < -0.4 is 5.90 Å². The van der Waals surface area contributed by atoms with Gasteiger partial charge in [-0.1, -0.05) is 59.5 Å². The van der Waals surface area contributed by atoms with E-state index >= 15 is 0 Å². The van der Waals surface area contributed by atoms with Crippen molar-refractivity contribution < 1.29 is 14.4 Å². The molecule has 3 fully saturated rings. The standard InChI is InChI=1S/C28H47NO3/c1-18(2)7-6-8-19(3)23-11-12-24-22-10-9-20-17-21(31-26(30)32-29)13-15-27(20,4)25(22)14-16-28(23,24)5/h17-19,21-25H,6-16,29H2,1-5H3. The van der Waals surface area contributed by atoms with Gasteiger partial charge in [0.05, 0.1) is 0 Å². The van der Waals surface area contributed by atoms with Gasteiger partial charge in [-0.15, -0.1) is 0 Å². The fraction of sp³-hybridized carbons (Fsp3) is 0.893. The Kier molecular flexibility index (Phi) is 7.02. The van der Waals surface area contributed by atoms with Gasteiger partial charge in [0.25, 0.3) is 0 Å². The Morgan fingerprint density at radius 1 is 1.06 bits per heavy atom. The minimum Gasteiger partial charge on any atom is -0.425 e. The molecular formula is C28H47NO3. The van der Waals surface area contributed by atoms with Crippen molar-refractivity contribution in [1.29, 1.82) is 0 Å². The minimum atomic E-state index is -0.767.